The lowest BCUT2D eigenvalue weighted by Crippen LogP contribution is -2.35. The summed E-state index contributed by atoms with van der Waals surface area (Å²) in [5, 5.41) is 2.91. The average Bonchev–Trinajstić information content (AvgIpc) is 2.36. The molecular weight excluding hydrogens is 236 g/mol. The van der Waals surface area contributed by atoms with Gasteiger partial charge in [-0.3, -0.25) is 15.6 Å². The molecule has 0 aliphatic carbocycles. The third-order valence-corrected chi connectivity index (χ3v) is 3.31. The first-order chi connectivity index (χ1) is 8.19. The Morgan fingerprint density at radius 2 is 2.41 bits per heavy atom. The Balaban J connectivity index is 2.63. The molecule has 0 fully saturated rings. The lowest BCUT2D eigenvalue weighted by molar-refractivity contribution is 0.0944. The van der Waals surface area contributed by atoms with Gasteiger partial charge in [-0.1, -0.05) is 6.92 Å². The zero-order chi connectivity index (χ0) is 12.7. The van der Waals surface area contributed by atoms with E-state index in [2.05, 4.69) is 22.7 Å². The number of hydrazine groups is 1. The summed E-state index contributed by atoms with van der Waals surface area (Å²) in [4.78, 5) is 15.9. The Kier molecular flexibility index (Phi) is 5.79. The summed E-state index contributed by atoms with van der Waals surface area (Å²) >= 11 is 1.79. The summed E-state index contributed by atoms with van der Waals surface area (Å²) in [6.45, 7) is 4.07. The summed E-state index contributed by atoms with van der Waals surface area (Å²) in [5.41, 5.74) is 3.52. The van der Waals surface area contributed by atoms with Crippen molar-refractivity contribution < 1.29 is 4.79 Å². The molecule has 0 saturated heterocycles. The quantitative estimate of drug-likeness (QED) is 0.526. The maximum atomic E-state index is 11.9. The van der Waals surface area contributed by atoms with Gasteiger partial charge in [-0.2, -0.15) is 11.8 Å². The van der Waals surface area contributed by atoms with E-state index in [1.54, 1.807) is 24.0 Å². The predicted molar refractivity (Wildman–Crippen MR) is 72.0 cm³/mol. The average molecular weight is 254 g/mol. The van der Waals surface area contributed by atoms with Gasteiger partial charge < -0.3 is 10.7 Å². The van der Waals surface area contributed by atoms with Crippen LogP contribution in [0.25, 0.3) is 0 Å². The molecule has 1 aromatic rings. The molecule has 1 rings (SSSR count). The van der Waals surface area contributed by atoms with Crippen molar-refractivity contribution in [1.29, 1.82) is 0 Å². The number of rotatable bonds is 6. The SMILES string of the molecule is CCSCC(C)NC(=O)c1cnccc1NN. The maximum absolute atomic E-state index is 11.9. The number of anilines is 1. The molecule has 1 aromatic heterocycles. The summed E-state index contributed by atoms with van der Waals surface area (Å²) < 4.78 is 0. The number of nitrogens with one attached hydrogen (secondary N) is 2. The van der Waals surface area contributed by atoms with Crippen LogP contribution < -0.4 is 16.6 Å². The molecule has 0 aromatic carbocycles. The molecule has 5 nitrogen and oxygen atoms in total. The molecule has 6 heteroatoms. The third-order valence-electron chi connectivity index (χ3n) is 2.17. The largest absolute Gasteiger partial charge is 0.349 e. The van der Waals surface area contributed by atoms with Crippen LogP contribution in [0.4, 0.5) is 5.69 Å². The van der Waals surface area contributed by atoms with Crippen LogP contribution in [0, 0.1) is 0 Å². The summed E-state index contributed by atoms with van der Waals surface area (Å²) in [6, 6.07) is 1.79. The number of nitrogen functional groups attached to an aromatic ring is 1. The van der Waals surface area contributed by atoms with Gasteiger partial charge in [0.2, 0.25) is 0 Å². The normalized spacial score (nSPS) is 11.9. The number of nitrogens with two attached hydrogens (primary N) is 1. The molecule has 1 atom stereocenters. The monoisotopic (exact) mass is 254 g/mol. The van der Waals surface area contributed by atoms with Crippen molar-refractivity contribution >= 4 is 23.4 Å². The minimum atomic E-state index is -0.157. The van der Waals surface area contributed by atoms with Gasteiger partial charge in [0, 0.05) is 24.2 Å². The Hall–Kier alpha value is -1.27. The van der Waals surface area contributed by atoms with E-state index in [1.807, 2.05) is 6.92 Å². The standard InChI is InChI=1S/C11H18N4OS/c1-3-17-7-8(2)14-11(16)9-6-13-5-4-10(9)15-12/h4-6,8H,3,7,12H2,1-2H3,(H,13,15)(H,14,16). The van der Waals surface area contributed by atoms with E-state index in [4.69, 9.17) is 5.84 Å². The number of thioether (sulfide) groups is 1. The minimum absolute atomic E-state index is 0.123. The Morgan fingerprint density at radius 3 is 3.06 bits per heavy atom. The van der Waals surface area contributed by atoms with Gasteiger partial charge in [0.25, 0.3) is 5.91 Å². The smallest absolute Gasteiger partial charge is 0.255 e. The fourth-order valence-electron chi connectivity index (χ4n) is 1.34. The van der Waals surface area contributed by atoms with Crippen LogP contribution in [0.3, 0.4) is 0 Å². The van der Waals surface area contributed by atoms with Gasteiger partial charge >= 0.3 is 0 Å². The number of aromatic nitrogens is 1. The van der Waals surface area contributed by atoms with Crippen molar-refractivity contribution in [3.63, 3.8) is 0 Å². The maximum Gasteiger partial charge on any atom is 0.255 e. The van der Waals surface area contributed by atoms with E-state index in [-0.39, 0.29) is 11.9 Å². The van der Waals surface area contributed by atoms with Gasteiger partial charge in [-0.25, -0.2) is 0 Å². The highest BCUT2D eigenvalue weighted by Gasteiger charge is 2.13. The lowest BCUT2D eigenvalue weighted by Gasteiger charge is -2.14. The highest BCUT2D eigenvalue weighted by molar-refractivity contribution is 7.99. The van der Waals surface area contributed by atoms with Gasteiger partial charge in [-0.05, 0) is 18.7 Å². The van der Waals surface area contributed by atoms with Gasteiger partial charge in [0.05, 0.1) is 11.3 Å². The molecular formula is C11H18N4OS. The van der Waals surface area contributed by atoms with E-state index in [1.165, 1.54) is 6.20 Å². The third kappa shape index (κ3) is 4.24. The van der Waals surface area contributed by atoms with Crippen molar-refractivity contribution in [3.8, 4) is 0 Å². The molecule has 0 spiro atoms. The lowest BCUT2D eigenvalue weighted by atomic mass is 10.2. The molecule has 94 valence electrons. The molecule has 1 amide bonds. The second kappa shape index (κ2) is 7.13. The van der Waals surface area contributed by atoms with Gasteiger partial charge in [0.15, 0.2) is 0 Å². The second-order valence-electron chi connectivity index (χ2n) is 3.60. The van der Waals surface area contributed by atoms with Crippen molar-refractivity contribution in [1.82, 2.24) is 10.3 Å². The first-order valence-corrected chi connectivity index (χ1v) is 6.63. The van der Waals surface area contributed by atoms with E-state index < -0.39 is 0 Å². The van der Waals surface area contributed by atoms with Crippen LogP contribution in [-0.2, 0) is 0 Å². The van der Waals surface area contributed by atoms with E-state index in [0.717, 1.165) is 11.5 Å². The van der Waals surface area contributed by atoms with Crippen molar-refractivity contribution in [2.45, 2.75) is 19.9 Å². The molecule has 0 radical (unpaired) electrons. The molecule has 0 bridgehead atoms. The molecule has 4 N–H and O–H groups in total. The molecule has 17 heavy (non-hydrogen) atoms. The van der Waals surface area contributed by atoms with Crippen molar-refractivity contribution in [2.75, 3.05) is 16.9 Å². The molecule has 1 unspecified atom stereocenters. The highest BCUT2D eigenvalue weighted by Crippen LogP contribution is 2.12. The fraction of sp³-hybridized carbons (Fsp3) is 0.455. The van der Waals surface area contributed by atoms with Crippen LogP contribution in [0.15, 0.2) is 18.5 Å². The minimum Gasteiger partial charge on any atom is -0.349 e. The number of carbonyl (C=O) groups excluding carboxylic acids is 1. The summed E-state index contributed by atoms with van der Waals surface area (Å²) in [5.74, 6) is 7.12. The number of hydrogen-bond donors (Lipinski definition) is 3. The van der Waals surface area contributed by atoms with Crippen LogP contribution in [0.2, 0.25) is 0 Å². The number of nitrogens with zero attached hydrogens (tertiary/aromatic N) is 1. The van der Waals surface area contributed by atoms with Crippen LogP contribution in [0.1, 0.15) is 24.2 Å². The van der Waals surface area contributed by atoms with Crippen LogP contribution in [-0.4, -0.2) is 28.4 Å². The first-order valence-electron chi connectivity index (χ1n) is 5.48. The van der Waals surface area contributed by atoms with E-state index >= 15 is 0 Å². The van der Waals surface area contributed by atoms with Gasteiger partial charge in [-0.15, -0.1) is 0 Å². The topological polar surface area (TPSA) is 80.0 Å². The van der Waals surface area contributed by atoms with Crippen molar-refractivity contribution in [3.05, 3.63) is 24.0 Å². The Bertz CT molecular complexity index is 372. The number of pyridine rings is 1. The molecule has 1 heterocycles. The summed E-state index contributed by atoms with van der Waals surface area (Å²) in [6.07, 6.45) is 3.09. The van der Waals surface area contributed by atoms with Crippen molar-refractivity contribution in [2.24, 2.45) is 5.84 Å². The second-order valence-corrected chi connectivity index (χ2v) is 4.92. The Morgan fingerprint density at radius 1 is 1.65 bits per heavy atom. The zero-order valence-electron chi connectivity index (χ0n) is 10.1. The molecule has 0 aliphatic heterocycles. The zero-order valence-corrected chi connectivity index (χ0v) is 10.9. The van der Waals surface area contributed by atoms with Crippen LogP contribution in [0.5, 0.6) is 0 Å². The predicted octanol–water partition coefficient (Wildman–Crippen LogP) is 1.24. The number of amides is 1. The van der Waals surface area contributed by atoms with E-state index in [0.29, 0.717) is 11.3 Å². The molecule has 0 aliphatic rings. The van der Waals surface area contributed by atoms with E-state index in [9.17, 15) is 4.79 Å². The van der Waals surface area contributed by atoms with Crippen LogP contribution >= 0.6 is 11.8 Å². The number of hydrogen-bond acceptors (Lipinski definition) is 5. The fourth-order valence-corrected chi connectivity index (χ4v) is 2.01. The first kappa shape index (κ1) is 13.8. The summed E-state index contributed by atoms with van der Waals surface area (Å²) in [7, 11) is 0. The Labute approximate surface area is 106 Å². The van der Waals surface area contributed by atoms with Gasteiger partial charge in [0.1, 0.15) is 0 Å². The highest BCUT2D eigenvalue weighted by atomic mass is 32.2. The molecule has 0 saturated carbocycles. The number of carbonyl (C=O) groups is 1.